The van der Waals surface area contributed by atoms with Gasteiger partial charge in [-0.2, -0.15) is 5.10 Å². The van der Waals surface area contributed by atoms with Crippen molar-refractivity contribution in [3.63, 3.8) is 0 Å². The van der Waals surface area contributed by atoms with E-state index in [1.807, 2.05) is 14.0 Å². The maximum Gasteiger partial charge on any atom is 0.143 e. The highest BCUT2D eigenvalue weighted by molar-refractivity contribution is 5.52. The Morgan fingerprint density at radius 2 is 2.11 bits per heavy atom. The number of nitrogen functional groups attached to an aromatic ring is 1. The number of hydrogen-bond donors (Lipinski definition) is 2. The van der Waals surface area contributed by atoms with Crippen molar-refractivity contribution in [1.82, 2.24) is 9.78 Å². The topological polar surface area (TPSA) is 59.1 Å². The molecule has 0 aliphatic rings. The van der Waals surface area contributed by atoms with Crippen LogP contribution < -0.4 is 16.2 Å². The summed E-state index contributed by atoms with van der Waals surface area (Å²) >= 11 is 0. The maximum absolute atomic E-state index is 5.57. The van der Waals surface area contributed by atoms with Gasteiger partial charge in [0.2, 0.25) is 0 Å². The van der Waals surface area contributed by atoms with Crippen molar-refractivity contribution in [2.24, 2.45) is 12.9 Å². The Hall–Kier alpha value is -2.01. The molecule has 102 valence electrons. The summed E-state index contributed by atoms with van der Waals surface area (Å²) in [7, 11) is 3.96. The van der Waals surface area contributed by atoms with E-state index >= 15 is 0 Å². The van der Waals surface area contributed by atoms with Gasteiger partial charge >= 0.3 is 0 Å². The predicted octanol–water partition coefficient (Wildman–Crippen LogP) is 1.96. The first-order valence-electron chi connectivity index (χ1n) is 6.30. The summed E-state index contributed by atoms with van der Waals surface area (Å²) < 4.78 is 1.77. The number of nitrogens with one attached hydrogen (secondary N) is 1. The minimum Gasteiger partial charge on any atom is -0.370 e. The lowest BCUT2D eigenvalue weighted by atomic mass is 10.2. The number of anilines is 2. The highest BCUT2D eigenvalue weighted by atomic mass is 15.4. The van der Waals surface area contributed by atoms with Gasteiger partial charge in [-0.3, -0.25) is 4.68 Å². The van der Waals surface area contributed by atoms with Crippen molar-refractivity contribution in [3.8, 4) is 0 Å². The highest BCUT2D eigenvalue weighted by Crippen LogP contribution is 2.23. The summed E-state index contributed by atoms with van der Waals surface area (Å²) in [6.45, 7) is 4.86. The fraction of sp³-hybridized carbons (Fsp3) is 0.357. The molecule has 0 aliphatic heterocycles. The van der Waals surface area contributed by atoms with Crippen molar-refractivity contribution < 1.29 is 0 Å². The molecule has 0 bridgehead atoms. The molecule has 1 aromatic carbocycles. The molecule has 0 spiro atoms. The molecule has 0 unspecified atom stereocenters. The van der Waals surface area contributed by atoms with Gasteiger partial charge in [-0.05, 0) is 31.5 Å². The quantitative estimate of drug-likeness (QED) is 0.651. The first-order chi connectivity index (χ1) is 9.02. The number of rotatable bonds is 4. The molecule has 0 fully saturated rings. The summed E-state index contributed by atoms with van der Waals surface area (Å²) in [5.41, 5.74) is 7.28. The molecular formula is C14H21N5. The molecule has 0 radical (unpaired) electrons. The SMILES string of the molecule is Cc1cccc(N(C)Cc2c(C)nn(C)c2NN)c1. The number of nitrogens with two attached hydrogens (primary N) is 1. The minimum atomic E-state index is 0.767. The third-order valence-electron chi connectivity index (χ3n) is 3.32. The van der Waals surface area contributed by atoms with Crippen LogP contribution in [-0.4, -0.2) is 16.8 Å². The van der Waals surface area contributed by atoms with Crippen LogP contribution in [0.1, 0.15) is 16.8 Å². The molecule has 0 aliphatic carbocycles. The number of hydrogen-bond acceptors (Lipinski definition) is 4. The summed E-state index contributed by atoms with van der Waals surface area (Å²) in [4.78, 5) is 2.19. The monoisotopic (exact) mass is 259 g/mol. The minimum absolute atomic E-state index is 0.767. The first-order valence-corrected chi connectivity index (χ1v) is 6.30. The Bertz CT molecular complexity index is 573. The molecule has 1 heterocycles. The van der Waals surface area contributed by atoms with Crippen molar-refractivity contribution in [2.75, 3.05) is 17.4 Å². The molecule has 0 saturated heterocycles. The van der Waals surface area contributed by atoms with Crippen LogP contribution in [0.15, 0.2) is 24.3 Å². The highest BCUT2D eigenvalue weighted by Gasteiger charge is 2.14. The second-order valence-electron chi connectivity index (χ2n) is 4.88. The van der Waals surface area contributed by atoms with Crippen LogP contribution in [-0.2, 0) is 13.6 Å². The zero-order valence-electron chi connectivity index (χ0n) is 11.9. The van der Waals surface area contributed by atoms with E-state index in [1.54, 1.807) is 4.68 Å². The summed E-state index contributed by atoms with van der Waals surface area (Å²) in [5, 5.41) is 4.39. The molecule has 3 N–H and O–H groups in total. The van der Waals surface area contributed by atoms with Crippen LogP contribution >= 0.6 is 0 Å². The second kappa shape index (κ2) is 5.32. The zero-order valence-corrected chi connectivity index (χ0v) is 11.9. The van der Waals surface area contributed by atoms with Gasteiger partial charge in [0.25, 0.3) is 0 Å². The van der Waals surface area contributed by atoms with Gasteiger partial charge in [0, 0.05) is 31.9 Å². The van der Waals surface area contributed by atoms with Crippen LogP contribution in [0.5, 0.6) is 0 Å². The smallest absolute Gasteiger partial charge is 0.143 e. The lowest BCUT2D eigenvalue weighted by Crippen LogP contribution is -2.19. The number of aromatic nitrogens is 2. The molecule has 1 aromatic heterocycles. The molecule has 0 saturated carbocycles. The Balaban J connectivity index is 2.26. The molecule has 0 amide bonds. The molecule has 2 rings (SSSR count). The van der Waals surface area contributed by atoms with Gasteiger partial charge < -0.3 is 10.3 Å². The Labute approximate surface area is 114 Å². The normalized spacial score (nSPS) is 10.6. The van der Waals surface area contributed by atoms with Gasteiger partial charge in [-0.15, -0.1) is 0 Å². The molecular weight excluding hydrogens is 238 g/mol. The third kappa shape index (κ3) is 2.71. The zero-order chi connectivity index (χ0) is 14.0. The van der Waals surface area contributed by atoms with E-state index in [-0.39, 0.29) is 0 Å². The predicted molar refractivity (Wildman–Crippen MR) is 79.0 cm³/mol. The van der Waals surface area contributed by atoms with Crippen LogP contribution in [0, 0.1) is 13.8 Å². The summed E-state index contributed by atoms with van der Waals surface area (Å²) in [5.74, 6) is 6.43. The number of nitrogens with zero attached hydrogens (tertiary/aromatic N) is 3. The van der Waals surface area contributed by atoms with Crippen molar-refractivity contribution in [1.29, 1.82) is 0 Å². The summed E-state index contributed by atoms with van der Waals surface area (Å²) in [6, 6.07) is 8.44. The van der Waals surface area contributed by atoms with Crippen LogP contribution in [0.3, 0.4) is 0 Å². The standard InChI is InChI=1S/C14H21N5/c1-10-6-5-7-12(8-10)18(3)9-13-11(2)17-19(4)14(13)16-15/h5-8,16H,9,15H2,1-4H3. The van der Waals surface area contributed by atoms with E-state index in [4.69, 9.17) is 5.84 Å². The van der Waals surface area contributed by atoms with E-state index in [2.05, 4.69) is 53.7 Å². The lowest BCUT2D eigenvalue weighted by molar-refractivity contribution is 0.760. The van der Waals surface area contributed by atoms with E-state index in [9.17, 15) is 0 Å². The second-order valence-corrected chi connectivity index (χ2v) is 4.88. The first kappa shape index (κ1) is 13.4. The molecule has 5 heteroatoms. The molecule has 0 atom stereocenters. The van der Waals surface area contributed by atoms with Crippen LogP contribution in [0.25, 0.3) is 0 Å². The van der Waals surface area contributed by atoms with E-state index in [1.165, 1.54) is 11.3 Å². The van der Waals surface area contributed by atoms with Crippen molar-refractivity contribution in [2.45, 2.75) is 20.4 Å². The van der Waals surface area contributed by atoms with Gasteiger partial charge in [0.15, 0.2) is 0 Å². The molecule has 2 aromatic rings. The van der Waals surface area contributed by atoms with E-state index < -0.39 is 0 Å². The third-order valence-corrected chi connectivity index (χ3v) is 3.32. The average molecular weight is 259 g/mol. The summed E-state index contributed by atoms with van der Waals surface area (Å²) in [6.07, 6.45) is 0. The lowest BCUT2D eigenvalue weighted by Gasteiger charge is -2.20. The van der Waals surface area contributed by atoms with Crippen molar-refractivity contribution >= 4 is 11.5 Å². The van der Waals surface area contributed by atoms with Crippen molar-refractivity contribution in [3.05, 3.63) is 41.1 Å². The Morgan fingerprint density at radius 3 is 2.74 bits per heavy atom. The van der Waals surface area contributed by atoms with E-state index in [0.29, 0.717) is 0 Å². The molecule has 19 heavy (non-hydrogen) atoms. The number of aryl methyl sites for hydroxylation is 3. The van der Waals surface area contributed by atoms with Gasteiger partial charge in [-0.25, -0.2) is 5.84 Å². The number of benzene rings is 1. The van der Waals surface area contributed by atoms with Gasteiger partial charge in [0.1, 0.15) is 5.82 Å². The van der Waals surface area contributed by atoms with E-state index in [0.717, 1.165) is 23.6 Å². The van der Waals surface area contributed by atoms with Crippen LogP contribution in [0.4, 0.5) is 11.5 Å². The fourth-order valence-electron chi connectivity index (χ4n) is 2.27. The van der Waals surface area contributed by atoms with Gasteiger partial charge in [0.05, 0.1) is 5.69 Å². The largest absolute Gasteiger partial charge is 0.370 e. The average Bonchev–Trinajstić information content (AvgIpc) is 2.63. The Kier molecular flexibility index (Phi) is 3.76. The van der Waals surface area contributed by atoms with Crippen LogP contribution in [0.2, 0.25) is 0 Å². The maximum atomic E-state index is 5.57. The van der Waals surface area contributed by atoms with Gasteiger partial charge in [-0.1, -0.05) is 12.1 Å². The Morgan fingerprint density at radius 1 is 1.37 bits per heavy atom. The number of hydrazine groups is 1. The molecule has 5 nitrogen and oxygen atoms in total. The fourth-order valence-corrected chi connectivity index (χ4v) is 2.27.